The lowest BCUT2D eigenvalue weighted by atomic mass is 9.78. The van der Waals surface area contributed by atoms with E-state index in [2.05, 4.69) is 4.90 Å². The van der Waals surface area contributed by atoms with Crippen LogP contribution in [0.25, 0.3) is 0 Å². The van der Waals surface area contributed by atoms with Gasteiger partial charge in [0.25, 0.3) is 0 Å². The predicted molar refractivity (Wildman–Crippen MR) is 65.2 cm³/mol. The maximum atomic E-state index is 9.10. The molecule has 2 nitrogen and oxygen atoms in total. The minimum atomic E-state index is 0.414. The van der Waals surface area contributed by atoms with Gasteiger partial charge in [0.15, 0.2) is 0 Å². The molecule has 92 valence electrons. The van der Waals surface area contributed by atoms with Crippen molar-refractivity contribution in [1.82, 2.24) is 4.90 Å². The van der Waals surface area contributed by atoms with Crippen LogP contribution in [-0.4, -0.2) is 35.7 Å². The molecule has 0 unspecified atom stereocenters. The highest BCUT2D eigenvalue weighted by atomic mass is 16.3. The van der Waals surface area contributed by atoms with Crippen LogP contribution in [-0.2, 0) is 0 Å². The van der Waals surface area contributed by atoms with Crippen molar-refractivity contribution in [2.75, 3.05) is 19.7 Å². The van der Waals surface area contributed by atoms with Crippen molar-refractivity contribution in [3.05, 3.63) is 0 Å². The Morgan fingerprint density at radius 3 is 1.94 bits per heavy atom. The summed E-state index contributed by atoms with van der Waals surface area (Å²) in [5.74, 6) is 2.65. The Balaban J connectivity index is 1.47. The molecule has 0 spiro atoms. The van der Waals surface area contributed by atoms with Crippen LogP contribution in [0.4, 0.5) is 0 Å². The number of aliphatic hydroxyl groups is 1. The summed E-state index contributed by atoms with van der Waals surface area (Å²) in [5, 5.41) is 9.10. The Morgan fingerprint density at radius 2 is 1.50 bits per heavy atom. The highest BCUT2D eigenvalue weighted by Crippen LogP contribution is 2.38. The highest BCUT2D eigenvalue weighted by molar-refractivity contribution is 4.91. The zero-order chi connectivity index (χ0) is 11.0. The van der Waals surface area contributed by atoms with E-state index >= 15 is 0 Å². The molecule has 3 aliphatic rings. The first-order valence-corrected chi connectivity index (χ1v) is 7.20. The van der Waals surface area contributed by atoms with Gasteiger partial charge in [-0.2, -0.15) is 0 Å². The molecule has 1 N–H and O–H groups in total. The summed E-state index contributed by atoms with van der Waals surface area (Å²) >= 11 is 0. The molecule has 0 bridgehead atoms. The lowest BCUT2D eigenvalue weighted by molar-refractivity contribution is 0.0246. The average molecular weight is 223 g/mol. The van der Waals surface area contributed by atoms with E-state index in [-0.39, 0.29) is 0 Å². The first-order chi connectivity index (χ1) is 7.85. The quantitative estimate of drug-likeness (QED) is 0.746. The van der Waals surface area contributed by atoms with Gasteiger partial charge in [0.05, 0.1) is 0 Å². The van der Waals surface area contributed by atoms with Crippen LogP contribution in [0.15, 0.2) is 0 Å². The van der Waals surface area contributed by atoms with Gasteiger partial charge in [-0.05, 0) is 56.3 Å². The second-order valence-electron chi connectivity index (χ2n) is 6.37. The Kier molecular flexibility index (Phi) is 3.21. The van der Waals surface area contributed by atoms with E-state index in [0.29, 0.717) is 12.5 Å². The zero-order valence-electron chi connectivity index (χ0n) is 10.3. The Labute approximate surface area is 99.0 Å². The van der Waals surface area contributed by atoms with Crippen molar-refractivity contribution in [1.29, 1.82) is 0 Å². The van der Waals surface area contributed by atoms with Crippen molar-refractivity contribution in [3.63, 3.8) is 0 Å². The molecule has 3 aliphatic carbocycles. The molecule has 16 heavy (non-hydrogen) atoms. The summed E-state index contributed by atoms with van der Waals surface area (Å²) in [6.45, 7) is 3.13. The molecule has 3 fully saturated rings. The molecule has 0 aromatic rings. The SMILES string of the molecule is OC[C@H]1C[C@H](N(CC2CCC2)CC2CC2)C1. The Bertz CT molecular complexity index is 229. The van der Waals surface area contributed by atoms with Crippen LogP contribution in [0.5, 0.6) is 0 Å². The maximum absolute atomic E-state index is 9.10. The topological polar surface area (TPSA) is 23.5 Å². The van der Waals surface area contributed by atoms with E-state index in [1.165, 1.54) is 58.0 Å². The zero-order valence-corrected chi connectivity index (χ0v) is 10.3. The molecule has 0 atom stereocenters. The molecule has 0 aromatic carbocycles. The van der Waals surface area contributed by atoms with Crippen molar-refractivity contribution in [2.45, 2.75) is 51.0 Å². The van der Waals surface area contributed by atoms with Gasteiger partial charge in [0.1, 0.15) is 0 Å². The summed E-state index contributed by atoms with van der Waals surface area (Å²) in [7, 11) is 0. The third-order valence-electron chi connectivity index (χ3n) is 4.89. The normalized spacial score (nSPS) is 34.9. The molecular weight excluding hydrogens is 198 g/mol. The molecule has 2 heteroatoms. The van der Waals surface area contributed by atoms with Crippen LogP contribution in [0, 0.1) is 17.8 Å². The Morgan fingerprint density at radius 1 is 0.875 bits per heavy atom. The number of aliphatic hydroxyl groups excluding tert-OH is 1. The molecule has 0 radical (unpaired) electrons. The van der Waals surface area contributed by atoms with Gasteiger partial charge in [0, 0.05) is 25.7 Å². The second kappa shape index (κ2) is 4.66. The third kappa shape index (κ3) is 2.43. The number of hydrogen-bond donors (Lipinski definition) is 1. The molecule has 0 heterocycles. The van der Waals surface area contributed by atoms with Crippen LogP contribution < -0.4 is 0 Å². The summed E-state index contributed by atoms with van der Waals surface area (Å²) < 4.78 is 0. The van der Waals surface area contributed by atoms with Gasteiger partial charge in [0.2, 0.25) is 0 Å². The van der Waals surface area contributed by atoms with Crippen molar-refractivity contribution < 1.29 is 5.11 Å². The van der Waals surface area contributed by atoms with Crippen molar-refractivity contribution in [2.24, 2.45) is 17.8 Å². The van der Waals surface area contributed by atoms with E-state index in [9.17, 15) is 0 Å². The smallest absolute Gasteiger partial charge is 0.0460 e. The first kappa shape index (κ1) is 11.0. The number of nitrogens with zero attached hydrogens (tertiary/aromatic N) is 1. The fourth-order valence-electron chi connectivity index (χ4n) is 3.16. The highest BCUT2D eigenvalue weighted by Gasteiger charge is 2.37. The van der Waals surface area contributed by atoms with Crippen molar-refractivity contribution in [3.8, 4) is 0 Å². The van der Waals surface area contributed by atoms with Crippen LogP contribution in [0.3, 0.4) is 0 Å². The molecular formula is C14H25NO. The lowest BCUT2D eigenvalue weighted by Crippen LogP contribution is -2.49. The molecule has 0 aliphatic heterocycles. The van der Waals surface area contributed by atoms with Crippen LogP contribution in [0.1, 0.15) is 44.9 Å². The molecule has 3 rings (SSSR count). The van der Waals surface area contributed by atoms with Gasteiger partial charge >= 0.3 is 0 Å². The fourth-order valence-corrected chi connectivity index (χ4v) is 3.16. The molecule has 0 amide bonds. The summed E-state index contributed by atoms with van der Waals surface area (Å²) in [6, 6.07) is 0.818. The van der Waals surface area contributed by atoms with E-state index in [4.69, 9.17) is 5.11 Å². The summed E-state index contributed by atoms with van der Waals surface area (Å²) in [4.78, 5) is 2.77. The number of rotatable bonds is 6. The fraction of sp³-hybridized carbons (Fsp3) is 1.00. The van der Waals surface area contributed by atoms with Crippen LogP contribution in [0.2, 0.25) is 0 Å². The minimum Gasteiger partial charge on any atom is -0.396 e. The molecule has 0 saturated heterocycles. The standard InChI is InChI=1S/C14H25NO/c16-10-13-6-14(7-13)15(9-12-4-5-12)8-11-2-1-3-11/h11-14,16H,1-10H2/t13-,14-. The second-order valence-corrected chi connectivity index (χ2v) is 6.37. The minimum absolute atomic E-state index is 0.414. The van der Waals surface area contributed by atoms with E-state index in [0.717, 1.165) is 17.9 Å². The van der Waals surface area contributed by atoms with Crippen LogP contribution >= 0.6 is 0 Å². The van der Waals surface area contributed by atoms with E-state index in [1.54, 1.807) is 0 Å². The van der Waals surface area contributed by atoms with Gasteiger partial charge in [-0.1, -0.05) is 6.42 Å². The van der Waals surface area contributed by atoms with Gasteiger partial charge in [-0.3, -0.25) is 4.90 Å². The monoisotopic (exact) mass is 223 g/mol. The van der Waals surface area contributed by atoms with Gasteiger partial charge in [-0.25, -0.2) is 0 Å². The summed E-state index contributed by atoms with van der Waals surface area (Å²) in [6.07, 6.45) is 9.86. The maximum Gasteiger partial charge on any atom is 0.0460 e. The first-order valence-electron chi connectivity index (χ1n) is 7.20. The average Bonchev–Trinajstić information content (AvgIpc) is 2.92. The Hall–Kier alpha value is -0.0800. The van der Waals surface area contributed by atoms with E-state index in [1.807, 2.05) is 0 Å². The van der Waals surface area contributed by atoms with Gasteiger partial charge < -0.3 is 5.11 Å². The molecule has 0 aromatic heterocycles. The summed E-state index contributed by atoms with van der Waals surface area (Å²) in [5.41, 5.74) is 0. The predicted octanol–water partition coefficient (Wildman–Crippen LogP) is 2.27. The third-order valence-corrected chi connectivity index (χ3v) is 4.89. The van der Waals surface area contributed by atoms with Crippen molar-refractivity contribution >= 4 is 0 Å². The molecule has 3 saturated carbocycles. The largest absolute Gasteiger partial charge is 0.396 e. The lowest BCUT2D eigenvalue weighted by Gasteiger charge is -2.45. The number of hydrogen-bond acceptors (Lipinski definition) is 2. The van der Waals surface area contributed by atoms with Gasteiger partial charge in [-0.15, -0.1) is 0 Å². The van der Waals surface area contributed by atoms with E-state index < -0.39 is 0 Å².